The molecule has 0 bridgehead atoms. The van der Waals surface area contributed by atoms with Crippen LogP contribution < -0.4 is 10.2 Å². The molecule has 0 amide bonds. The number of H-pyrrole nitrogens is 1. The first-order valence-electron chi connectivity index (χ1n) is 11.6. The highest BCUT2D eigenvalue weighted by molar-refractivity contribution is 6.33. The summed E-state index contributed by atoms with van der Waals surface area (Å²) in [6.45, 7) is 4.54. The first-order valence-corrected chi connectivity index (χ1v) is 12.0. The molecule has 0 unspecified atom stereocenters. The first-order chi connectivity index (χ1) is 17.1. The lowest BCUT2D eigenvalue weighted by Crippen LogP contribution is -2.41. The van der Waals surface area contributed by atoms with Crippen LogP contribution in [0.15, 0.2) is 77.4 Å². The predicted molar refractivity (Wildman–Crippen MR) is 139 cm³/mol. The van der Waals surface area contributed by atoms with Crippen molar-refractivity contribution in [1.82, 2.24) is 15.1 Å². The van der Waals surface area contributed by atoms with E-state index in [0.717, 1.165) is 58.9 Å². The number of rotatable bonds is 5. The second-order valence-corrected chi connectivity index (χ2v) is 9.08. The Morgan fingerprint density at radius 3 is 2.83 bits per heavy atom. The number of morpholine rings is 1. The van der Waals surface area contributed by atoms with Crippen LogP contribution in [0.2, 0.25) is 5.02 Å². The van der Waals surface area contributed by atoms with Gasteiger partial charge in [0.1, 0.15) is 5.82 Å². The number of halogens is 1. The molecule has 8 heteroatoms. The summed E-state index contributed by atoms with van der Waals surface area (Å²) in [5, 5.41) is 9.17. The Hall–Kier alpha value is -3.81. The average Bonchev–Trinajstić information content (AvgIpc) is 3.53. The van der Waals surface area contributed by atoms with Gasteiger partial charge in [-0.1, -0.05) is 47.1 Å². The number of hydrogen-bond acceptors (Lipinski definition) is 6. The molecule has 0 radical (unpaired) electrons. The Bertz CT molecular complexity index is 1480. The molecular weight excluding hydrogens is 462 g/mol. The van der Waals surface area contributed by atoms with E-state index in [4.69, 9.17) is 20.9 Å². The van der Waals surface area contributed by atoms with E-state index in [2.05, 4.69) is 38.3 Å². The Morgan fingerprint density at radius 1 is 1.09 bits per heavy atom. The van der Waals surface area contributed by atoms with Crippen LogP contribution in [0.4, 0.5) is 17.2 Å². The number of benzene rings is 3. The van der Waals surface area contributed by atoms with E-state index in [1.54, 1.807) is 0 Å². The minimum atomic E-state index is 0.212. The molecule has 1 aliphatic rings. The summed E-state index contributed by atoms with van der Waals surface area (Å²) in [4.78, 5) is 10.2. The number of aromatic nitrogens is 3. The number of anilines is 3. The minimum Gasteiger partial charge on any atom is -0.375 e. The smallest absolute Gasteiger partial charge is 0.181 e. The molecule has 0 aliphatic carbocycles. The van der Waals surface area contributed by atoms with Crippen molar-refractivity contribution in [3.8, 4) is 22.6 Å². The maximum Gasteiger partial charge on any atom is 0.181 e. The maximum absolute atomic E-state index is 6.53. The third-order valence-electron chi connectivity index (χ3n) is 6.21. The zero-order valence-electron chi connectivity index (χ0n) is 19.2. The van der Waals surface area contributed by atoms with Crippen LogP contribution in [0.1, 0.15) is 6.92 Å². The molecule has 3 heterocycles. The summed E-state index contributed by atoms with van der Waals surface area (Å²) >= 11 is 6.53. The number of ether oxygens (including phenoxy) is 1. The molecule has 176 valence electrons. The number of imidazole rings is 1. The van der Waals surface area contributed by atoms with Crippen LogP contribution in [-0.4, -0.2) is 40.9 Å². The molecule has 0 spiro atoms. The summed E-state index contributed by atoms with van der Waals surface area (Å²) in [7, 11) is 0. The molecule has 1 saturated heterocycles. The van der Waals surface area contributed by atoms with Crippen molar-refractivity contribution in [3.63, 3.8) is 0 Å². The SMILES string of the molecule is C[C@H]1CN(c2ccc3c(Nc4ccc(Cl)c(-c5ncc(-c6ccccc6)[nH]5)c4)noc3c2)CCO1. The topological polar surface area (TPSA) is 79.2 Å². The molecule has 2 N–H and O–H groups in total. The van der Waals surface area contributed by atoms with E-state index in [1.165, 1.54) is 0 Å². The van der Waals surface area contributed by atoms with E-state index in [1.807, 2.05) is 66.9 Å². The third-order valence-corrected chi connectivity index (χ3v) is 6.54. The summed E-state index contributed by atoms with van der Waals surface area (Å²) < 4.78 is 11.3. The molecule has 2 aromatic heterocycles. The number of nitrogens with zero attached hydrogens (tertiary/aromatic N) is 3. The van der Waals surface area contributed by atoms with Crippen LogP contribution in [0.5, 0.6) is 0 Å². The fourth-order valence-electron chi connectivity index (χ4n) is 4.41. The van der Waals surface area contributed by atoms with Gasteiger partial charge >= 0.3 is 0 Å². The molecule has 7 nitrogen and oxygen atoms in total. The zero-order chi connectivity index (χ0) is 23.8. The van der Waals surface area contributed by atoms with E-state index < -0.39 is 0 Å². The minimum absolute atomic E-state index is 0.212. The van der Waals surface area contributed by atoms with Crippen molar-refractivity contribution < 1.29 is 9.26 Å². The van der Waals surface area contributed by atoms with Gasteiger partial charge in [-0.3, -0.25) is 0 Å². The van der Waals surface area contributed by atoms with Crippen molar-refractivity contribution in [3.05, 3.63) is 77.9 Å². The number of aromatic amines is 1. The normalized spacial score (nSPS) is 16.1. The van der Waals surface area contributed by atoms with Gasteiger partial charge in [-0.15, -0.1) is 0 Å². The Morgan fingerprint density at radius 2 is 1.97 bits per heavy atom. The largest absolute Gasteiger partial charge is 0.375 e. The maximum atomic E-state index is 6.53. The second kappa shape index (κ2) is 9.09. The molecule has 5 aromatic rings. The van der Waals surface area contributed by atoms with Gasteiger partial charge in [0.25, 0.3) is 0 Å². The van der Waals surface area contributed by atoms with Gasteiger partial charge in [0.15, 0.2) is 11.4 Å². The van der Waals surface area contributed by atoms with Crippen molar-refractivity contribution in [2.75, 3.05) is 29.9 Å². The lowest BCUT2D eigenvalue weighted by molar-refractivity contribution is 0.0532. The second-order valence-electron chi connectivity index (χ2n) is 8.67. The summed E-state index contributed by atoms with van der Waals surface area (Å²) in [6, 6.07) is 22.0. The van der Waals surface area contributed by atoms with E-state index in [0.29, 0.717) is 16.7 Å². The Balaban J connectivity index is 1.26. The molecule has 0 saturated carbocycles. The van der Waals surface area contributed by atoms with Gasteiger partial charge in [0.05, 0.1) is 35.0 Å². The summed E-state index contributed by atoms with van der Waals surface area (Å²) in [5.74, 6) is 1.35. The average molecular weight is 486 g/mol. The molecule has 35 heavy (non-hydrogen) atoms. The van der Waals surface area contributed by atoms with Gasteiger partial charge in [-0.05, 0) is 42.8 Å². The molecule has 1 fully saturated rings. The first kappa shape index (κ1) is 21.7. The molecular formula is C27H24ClN5O2. The molecule has 1 aliphatic heterocycles. The molecule has 1 atom stereocenters. The Labute approximate surface area is 207 Å². The van der Waals surface area contributed by atoms with Crippen LogP contribution in [-0.2, 0) is 4.74 Å². The standard InChI is InChI=1S/C27H24ClN5O2/c1-17-16-33(11-12-34-17)20-8-9-21-25(14-20)35-32-27(21)30-19-7-10-23(28)22(13-19)26-29-15-24(31-26)18-5-3-2-4-6-18/h2-10,13-15,17H,11-12,16H2,1H3,(H,29,31)(H,30,32)/t17-/m0/s1. The Kier molecular flexibility index (Phi) is 5.64. The monoisotopic (exact) mass is 485 g/mol. The summed E-state index contributed by atoms with van der Waals surface area (Å²) in [6.07, 6.45) is 2.03. The zero-order valence-corrected chi connectivity index (χ0v) is 19.9. The third kappa shape index (κ3) is 4.36. The van der Waals surface area contributed by atoms with E-state index in [-0.39, 0.29) is 6.10 Å². The molecule has 6 rings (SSSR count). The van der Waals surface area contributed by atoms with Crippen LogP contribution >= 0.6 is 11.6 Å². The van der Waals surface area contributed by atoms with Gasteiger partial charge in [0.2, 0.25) is 0 Å². The van der Waals surface area contributed by atoms with Crippen LogP contribution in [0.3, 0.4) is 0 Å². The number of nitrogens with one attached hydrogen (secondary N) is 2. The summed E-state index contributed by atoms with van der Waals surface area (Å²) in [5.41, 5.74) is 5.48. The number of fused-ring (bicyclic) bond motifs is 1. The van der Waals surface area contributed by atoms with E-state index >= 15 is 0 Å². The lowest BCUT2D eigenvalue weighted by Gasteiger charge is -2.32. The quantitative estimate of drug-likeness (QED) is 0.295. The fraction of sp³-hybridized carbons (Fsp3) is 0.185. The lowest BCUT2D eigenvalue weighted by atomic mass is 10.1. The van der Waals surface area contributed by atoms with Gasteiger partial charge in [-0.25, -0.2) is 4.98 Å². The highest BCUT2D eigenvalue weighted by atomic mass is 35.5. The highest BCUT2D eigenvalue weighted by Gasteiger charge is 2.19. The van der Waals surface area contributed by atoms with Crippen molar-refractivity contribution in [1.29, 1.82) is 0 Å². The van der Waals surface area contributed by atoms with Gasteiger partial charge in [-0.2, -0.15) is 0 Å². The molecule has 3 aromatic carbocycles. The van der Waals surface area contributed by atoms with Crippen LogP contribution in [0, 0.1) is 0 Å². The van der Waals surface area contributed by atoms with Gasteiger partial charge < -0.3 is 24.5 Å². The number of hydrogen-bond donors (Lipinski definition) is 2. The van der Waals surface area contributed by atoms with E-state index in [9.17, 15) is 0 Å². The van der Waals surface area contributed by atoms with Crippen molar-refractivity contribution in [2.45, 2.75) is 13.0 Å². The highest BCUT2D eigenvalue weighted by Crippen LogP contribution is 2.34. The fourth-order valence-corrected chi connectivity index (χ4v) is 4.62. The van der Waals surface area contributed by atoms with Crippen molar-refractivity contribution in [2.24, 2.45) is 0 Å². The van der Waals surface area contributed by atoms with Crippen LogP contribution in [0.25, 0.3) is 33.6 Å². The van der Waals surface area contributed by atoms with Gasteiger partial charge in [0, 0.05) is 36.1 Å². The predicted octanol–water partition coefficient (Wildman–Crippen LogP) is 6.51. The van der Waals surface area contributed by atoms with Crippen molar-refractivity contribution >= 4 is 39.8 Å².